The molecule has 0 saturated carbocycles. The van der Waals surface area contributed by atoms with Gasteiger partial charge in [-0.1, -0.05) is 305 Å². The summed E-state index contributed by atoms with van der Waals surface area (Å²) in [6.07, 6.45) is 91.8. The predicted molar refractivity (Wildman–Crippen MR) is 353 cm³/mol. The van der Waals surface area contributed by atoms with Gasteiger partial charge in [-0.15, -0.1) is 0 Å². The SMILES string of the molecule is CC/C=C\C/C=C\C/C=C\C/C=C\C/C=C\CCCCCCCCCCCCCCCCCC(=O)OCC(COC(=O)CCCCCCC/C=C\CCCCCCCC)OC(=O)CCCCCCCCC/C=C\CCCCCCCC. The Bertz CT molecular complexity index is 1530. The lowest BCUT2D eigenvalue weighted by Gasteiger charge is -2.18. The van der Waals surface area contributed by atoms with Crippen LogP contribution in [0.3, 0.4) is 0 Å². The van der Waals surface area contributed by atoms with Gasteiger partial charge in [0, 0.05) is 19.3 Å². The third-order valence-corrected chi connectivity index (χ3v) is 15.4. The molecule has 468 valence electrons. The summed E-state index contributed by atoms with van der Waals surface area (Å²) in [6.45, 7) is 6.55. The molecule has 0 radical (unpaired) electrons. The number of hydrogen-bond donors (Lipinski definition) is 0. The van der Waals surface area contributed by atoms with Crippen molar-refractivity contribution in [1.82, 2.24) is 0 Å². The van der Waals surface area contributed by atoms with E-state index < -0.39 is 6.10 Å². The molecule has 1 unspecified atom stereocenters. The number of carbonyl (C=O) groups is 3. The van der Waals surface area contributed by atoms with Gasteiger partial charge < -0.3 is 14.2 Å². The molecule has 0 aliphatic heterocycles. The number of esters is 3. The van der Waals surface area contributed by atoms with Gasteiger partial charge >= 0.3 is 17.9 Å². The summed E-state index contributed by atoms with van der Waals surface area (Å²) in [5.41, 5.74) is 0. The number of carbonyl (C=O) groups excluding carboxylic acids is 3. The zero-order chi connectivity index (χ0) is 58.5. The second-order valence-electron chi connectivity index (χ2n) is 23.4. The van der Waals surface area contributed by atoms with Crippen molar-refractivity contribution in [3.8, 4) is 0 Å². The fourth-order valence-electron chi connectivity index (χ4n) is 10.1. The summed E-state index contributed by atoms with van der Waals surface area (Å²) in [5.74, 6) is -0.872. The van der Waals surface area contributed by atoms with Crippen molar-refractivity contribution in [2.75, 3.05) is 13.2 Å². The first-order valence-electron chi connectivity index (χ1n) is 35.1. The Labute approximate surface area is 503 Å². The molecule has 0 aromatic rings. The van der Waals surface area contributed by atoms with Crippen LogP contribution in [0.2, 0.25) is 0 Å². The average Bonchev–Trinajstić information content (AvgIpc) is 3.47. The van der Waals surface area contributed by atoms with Gasteiger partial charge in [0.25, 0.3) is 0 Å². The highest BCUT2D eigenvalue weighted by Crippen LogP contribution is 2.17. The first kappa shape index (κ1) is 77.6. The van der Waals surface area contributed by atoms with Gasteiger partial charge in [0.15, 0.2) is 6.10 Å². The van der Waals surface area contributed by atoms with E-state index in [1.54, 1.807) is 0 Å². The second-order valence-corrected chi connectivity index (χ2v) is 23.4. The van der Waals surface area contributed by atoms with Gasteiger partial charge in [-0.05, 0) is 116 Å². The number of ether oxygens (including phenoxy) is 3. The molecule has 6 heteroatoms. The monoisotopic (exact) mass is 1130 g/mol. The third-order valence-electron chi connectivity index (χ3n) is 15.4. The van der Waals surface area contributed by atoms with Gasteiger partial charge in [-0.3, -0.25) is 14.4 Å². The Balaban J connectivity index is 4.24. The third kappa shape index (κ3) is 67.3. The number of unbranched alkanes of at least 4 members (excludes halogenated alkanes) is 39. The topological polar surface area (TPSA) is 78.9 Å². The fourth-order valence-corrected chi connectivity index (χ4v) is 10.1. The van der Waals surface area contributed by atoms with E-state index >= 15 is 0 Å². The maximum absolute atomic E-state index is 12.9. The van der Waals surface area contributed by atoms with Gasteiger partial charge in [0.1, 0.15) is 13.2 Å². The van der Waals surface area contributed by atoms with E-state index in [0.717, 1.165) is 96.3 Å². The maximum atomic E-state index is 12.9. The minimum absolute atomic E-state index is 0.0775. The molecule has 0 aliphatic rings. The Morgan fingerprint density at radius 1 is 0.259 bits per heavy atom. The summed E-state index contributed by atoms with van der Waals surface area (Å²) >= 11 is 0. The van der Waals surface area contributed by atoms with Crippen LogP contribution < -0.4 is 0 Å². The van der Waals surface area contributed by atoms with E-state index in [2.05, 4.69) is 106 Å². The summed E-state index contributed by atoms with van der Waals surface area (Å²) in [4.78, 5) is 38.4. The average molecular weight is 1130 g/mol. The van der Waals surface area contributed by atoms with Gasteiger partial charge in [-0.25, -0.2) is 0 Å². The van der Waals surface area contributed by atoms with Crippen LogP contribution in [0.5, 0.6) is 0 Å². The van der Waals surface area contributed by atoms with Crippen molar-refractivity contribution in [1.29, 1.82) is 0 Å². The molecular formula is C75H132O6. The normalized spacial score (nSPS) is 12.6. The summed E-state index contributed by atoms with van der Waals surface area (Å²) in [6, 6.07) is 0. The molecule has 0 fully saturated rings. The zero-order valence-corrected chi connectivity index (χ0v) is 53.8. The lowest BCUT2D eigenvalue weighted by molar-refractivity contribution is -0.167. The lowest BCUT2D eigenvalue weighted by atomic mass is 10.0. The molecule has 0 N–H and O–H groups in total. The molecule has 0 spiro atoms. The first-order valence-corrected chi connectivity index (χ1v) is 35.1. The predicted octanol–water partition coefficient (Wildman–Crippen LogP) is 24.2. The van der Waals surface area contributed by atoms with E-state index in [-0.39, 0.29) is 31.1 Å². The van der Waals surface area contributed by atoms with Crippen LogP contribution in [0.15, 0.2) is 85.1 Å². The smallest absolute Gasteiger partial charge is 0.306 e. The van der Waals surface area contributed by atoms with Crippen molar-refractivity contribution < 1.29 is 28.6 Å². The van der Waals surface area contributed by atoms with Crippen molar-refractivity contribution in [2.45, 2.75) is 361 Å². The molecule has 0 bridgehead atoms. The first-order chi connectivity index (χ1) is 40.0. The van der Waals surface area contributed by atoms with Crippen LogP contribution in [0.25, 0.3) is 0 Å². The standard InChI is InChI=1S/C75H132O6/c1-4-7-10-13-16-19-22-25-28-30-31-32-33-34-35-36-37-38-39-40-41-42-43-45-47-50-53-56-59-62-65-68-74(77)80-71-72(70-79-73(76)67-64-61-58-55-52-49-46-27-24-21-18-15-12-9-6-3)81-75(78)69-66-63-60-57-54-51-48-44-29-26-23-20-17-14-11-8-5-2/h7,10,16,19,25-29,31-32,34-35,46,72H,4-6,8-9,11-15,17-18,20-24,30,33,36-45,47-71H2,1-3H3/b10-7-,19-16-,28-25-,29-26-,32-31-,35-34-,46-27-. The Morgan fingerprint density at radius 2 is 0.481 bits per heavy atom. The van der Waals surface area contributed by atoms with Crippen LogP contribution in [-0.2, 0) is 28.6 Å². The largest absolute Gasteiger partial charge is 0.462 e. The Hall–Kier alpha value is -3.41. The second kappa shape index (κ2) is 69.1. The van der Waals surface area contributed by atoms with Crippen LogP contribution in [0.1, 0.15) is 355 Å². The van der Waals surface area contributed by atoms with Gasteiger partial charge in [-0.2, -0.15) is 0 Å². The molecule has 0 amide bonds. The Kier molecular flexibility index (Phi) is 66.2. The van der Waals surface area contributed by atoms with Crippen LogP contribution in [-0.4, -0.2) is 37.2 Å². The molecule has 0 rings (SSSR count). The molecule has 0 aliphatic carbocycles. The fraction of sp³-hybridized carbons (Fsp3) is 0.773. The summed E-state index contributed by atoms with van der Waals surface area (Å²) < 4.78 is 17.0. The number of allylic oxidation sites excluding steroid dienone is 14. The zero-order valence-electron chi connectivity index (χ0n) is 53.8. The molecule has 0 heterocycles. The Morgan fingerprint density at radius 3 is 0.765 bits per heavy atom. The van der Waals surface area contributed by atoms with Gasteiger partial charge in [0.05, 0.1) is 0 Å². The summed E-state index contributed by atoms with van der Waals surface area (Å²) in [7, 11) is 0. The molecule has 6 nitrogen and oxygen atoms in total. The van der Waals surface area contributed by atoms with E-state index in [0.29, 0.717) is 19.3 Å². The molecule has 0 aromatic heterocycles. The molecule has 0 aromatic carbocycles. The lowest BCUT2D eigenvalue weighted by Crippen LogP contribution is -2.30. The minimum Gasteiger partial charge on any atom is -0.462 e. The highest BCUT2D eigenvalue weighted by atomic mass is 16.6. The number of rotatable bonds is 64. The van der Waals surface area contributed by atoms with E-state index in [1.807, 2.05) is 0 Å². The minimum atomic E-state index is -0.782. The quantitative estimate of drug-likeness (QED) is 0.0261. The highest BCUT2D eigenvalue weighted by Gasteiger charge is 2.19. The van der Waals surface area contributed by atoms with Crippen molar-refractivity contribution in [3.63, 3.8) is 0 Å². The van der Waals surface area contributed by atoms with Crippen LogP contribution in [0.4, 0.5) is 0 Å². The van der Waals surface area contributed by atoms with Crippen molar-refractivity contribution in [2.24, 2.45) is 0 Å². The van der Waals surface area contributed by atoms with Crippen molar-refractivity contribution in [3.05, 3.63) is 85.1 Å². The summed E-state index contributed by atoms with van der Waals surface area (Å²) in [5, 5.41) is 0. The molecule has 81 heavy (non-hydrogen) atoms. The molecule has 1 atom stereocenters. The van der Waals surface area contributed by atoms with E-state index in [9.17, 15) is 14.4 Å². The van der Waals surface area contributed by atoms with Crippen molar-refractivity contribution >= 4 is 17.9 Å². The van der Waals surface area contributed by atoms with Crippen LogP contribution in [0, 0.1) is 0 Å². The van der Waals surface area contributed by atoms with E-state index in [4.69, 9.17) is 14.2 Å². The highest BCUT2D eigenvalue weighted by molar-refractivity contribution is 5.71. The number of hydrogen-bond acceptors (Lipinski definition) is 6. The van der Waals surface area contributed by atoms with Crippen LogP contribution >= 0.6 is 0 Å². The maximum Gasteiger partial charge on any atom is 0.306 e. The van der Waals surface area contributed by atoms with E-state index in [1.165, 1.54) is 218 Å². The van der Waals surface area contributed by atoms with Gasteiger partial charge in [0.2, 0.25) is 0 Å². The molecular weight excluding hydrogens is 997 g/mol. The molecule has 0 saturated heterocycles.